The molecule has 0 bridgehead atoms. The van der Waals surface area contributed by atoms with Crippen LogP contribution in [0.5, 0.6) is 11.5 Å². The lowest BCUT2D eigenvalue weighted by Crippen LogP contribution is -2.12. The summed E-state index contributed by atoms with van der Waals surface area (Å²) in [5.41, 5.74) is 3.51. The summed E-state index contributed by atoms with van der Waals surface area (Å²) >= 11 is 0. The zero-order chi connectivity index (χ0) is 17.9. The third-order valence-corrected chi connectivity index (χ3v) is 3.98. The van der Waals surface area contributed by atoms with E-state index in [9.17, 15) is 4.79 Å². The number of benzene rings is 2. The Morgan fingerprint density at radius 2 is 1.73 bits per heavy atom. The smallest absolute Gasteiger partial charge is 0.256 e. The van der Waals surface area contributed by atoms with E-state index in [1.807, 2.05) is 37.3 Å². The Balaban J connectivity index is 1.42. The number of ether oxygens (including phenoxy) is 2. The number of fused-ring (bicyclic) bond motifs is 1. The van der Waals surface area contributed by atoms with Gasteiger partial charge in [-0.2, -0.15) is 0 Å². The first-order chi connectivity index (χ1) is 12.7. The third kappa shape index (κ3) is 3.44. The van der Waals surface area contributed by atoms with Gasteiger partial charge in [0.15, 0.2) is 11.5 Å². The van der Waals surface area contributed by atoms with E-state index >= 15 is 0 Å². The van der Waals surface area contributed by atoms with Gasteiger partial charge >= 0.3 is 0 Å². The fourth-order valence-corrected chi connectivity index (χ4v) is 2.57. The van der Waals surface area contributed by atoms with Crippen molar-refractivity contribution < 1.29 is 14.3 Å². The SMILES string of the molecule is Cc1ccc(Nc2ccc(NC(=O)c3ccc4c(c3)OCO4)nc2)cc1. The molecule has 130 valence electrons. The van der Waals surface area contributed by atoms with Crippen LogP contribution >= 0.6 is 0 Å². The Bertz CT molecular complexity index is 938. The fourth-order valence-electron chi connectivity index (χ4n) is 2.57. The third-order valence-electron chi connectivity index (χ3n) is 3.98. The summed E-state index contributed by atoms with van der Waals surface area (Å²) in [7, 11) is 0. The van der Waals surface area contributed by atoms with Crippen LogP contribution in [0.3, 0.4) is 0 Å². The molecule has 2 N–H and O–H groups in total. The van der Waals surface area contributed by atoms with E-state index in [1.54, 1.807) is 30.5 Å². The van der Waals surface area contributed by atoms with Crippen LogP contribution in [-0.4, -0.2) is 17.7 Å². The molecule has 0 saturated heterocycles. The van der Waals surface area contributed by atoms with Crippen molar-refractivity contribution in [2.75, 3.05) is 17.4 Å². The molecule has 1 aliphatic heterocycles. The molecular weight excluding hydrogens is 330 g/mol. The Labute approximate surface area is 150 Å². The minimum atomic E-state index is -0.255. The predicted octanol–water partition coefficient (Wildman–Crippen LogP) is 4.11. The molecule has 0 saturated carbocycles. The lowest BCUT2D eigenvalue weighted by molar-refractivity contribution is 0.102. The number of carbonyl (C=O) groups excluding carboxylic acids is 1. The normalized spacial score (nSPS) is 11.9. The summed E-state index contributed by atoms with van der Waals surface area (Å²) < 4.78 is 10.5. The standard InChI is InChI=1S/C20H17N3O3/c1-13-2-5-15(6-3-13)22-16-7-9-19(21-11-16)23-20(24)14-4-8-17-18(10-14)26-12-25-17/h2-11,22H,12H2,1H3,(H,21,23,24). The Kier molecular flexibility index (Phi) is 4.15. The molecule has 0 atom stereocenters. The molecule has 1 aromatic heterocycles. The quantitative estimate of drug-likeness (QED) is 0.743. The summed E-state index contributed by atoms with van der Waals surface area (Å²) in [4.78, 5) is 16.6. The highest BCUT2D eigenvalue weighted by Crippen LogP contribution is 2.32. The molecule has 3 aromatic rings. The molecule has 0 aliphatic carbocycles. The Morgan fingerprint density at radius 1 is 0.962 bits per heavy atom. The van der Waals surface area contributed by atoms with Crippen molar-refractivity contribution in [2.45, 2.75) is 6.92 Å². The molecule has 1 amide bonds. The van der Waals surface area contributed by atoms with Crippen LogP contribution in [0.25, 0.3) is 0 Å². The van der Waals surface area contributed by atoms with Crippen molar-refractivity contribution in [1.29, 1.82) is 0 Å². The average Bonchev–Trinajstić information content (AvgIpc) is 3.13. The summed E-state index contributed by atoms with van der Waals surface area (Å²) in [5.74, 6) is 1.44. The van der Waals surface area contributed by atoms with Crippen LogP contribution < -0.4 is 20.1 Å². The maximum atomic E-state index is 12.4. The van der Waals surface area contributed by atoms with Crippen molar-refractivity contribution in [3.05, 3.63) is 71.9 Å². The van der Waals surface area contributed by atoms with E-state index in [2.05, 4.69) is 15.6 Å². The van der Waals surface area contributed by atoms with Crippen molar-refractivity contribution in [2.24, 2.45) is 0 Å². The van der Waals surface area contributed by atoms with E-state index in [0.29, 0.717) is 22.9 Å². The average molecular weight is 347 g/mol. The van der Waals surface area contributed by atoms with Crippen molar-refractivity contribution in [1.82, 2.24) is 4.98 Å². The molecule has 0 unspecified atom stereocenters. The van der Waals surface area contributed by atoms with Gasteiger partial charge in [0.25, 0.3) is 5.91 Å². The Hall–Kier alpha value is -3.54. The van der Waals surface area contributed by atoms with E-state index < -0.39 is 0 Å². The summed E-state index contributed by atoms with van der Waals surface area (Å²) in [6.07, 6.45) is 1.68. The highest BCUT2D eigenvalue weighted by molar-refractivity contribution is 6.04. The zero-order valence-corrected chi connectivity index (χ0v) is 14.2. The number of pyridine rings is 1. The molecule has 26 heavy (non-hydrogen) atoms. The minimum Gasteiger partial charge on any atom is -0.454 e. The van der Waals surface area contributed by atoms with E-state index in [0.717, 1.165) is 11.4 Å². The van der Waals surface area contributed by atoms with Gasteiger partial charge in [-0.1, -0.05) is 17.7 Å². The first-order valence-corrected chi connectivity index (χ1v) is 8.18. The number of rotatable bonds is 4. The van der Waals surface area contributed by atoms with Crippen molar-refractivity contribution in [3.63, 3.8) is 0 Å². The molecule has 0 fully saturated rings. The van der Waals surface area contributed by atoms with Crippen LogP contribution in [-0.2, 0) is 0 Å². The summed E-state index contributed by atoms with van der Waals surface area (Å²) in [6, 6.07) is 16.8. The number of amides is 1. The fraction of sp³-hybridized carbons (Fsp3) is 0.100. The van der Waals surface area contributed by atoms with Gasteiger partial charge in [-0.25, -0.2) is 4.98 Å². The van der Waals surface area contributed by atoms with Crippen LogP contribution in [0.1, 0.15) is 15.9 Å². The van der Waals surface area contributed by atoms with E-state index in [1.165, 1.54) is 5.56 Å². The summed E-state index contributed by atoms with van der Waals surface area (Å²) in [6.45, 7) is 2.22. The molecule has 4 rings (SSSR count). The number of nitrogens with zero attached hydrogens (tertiary/aromatic N) is 1. The molecule has 2 heterocycles. The van der Waals surface area contributed by atoms with E-state index in [-0.39, 0.29) is 12.7 Å². The highest BCUT2D eigenvalue weighted by atomic mass is 16.7. The number of carbonyl (C=O) groups is 1. The van der Waals surface area contributed by atoms with Gasteiger partial charge in [-0.15, -0.1) is 0 Å². The maximum absolute atomic E-state index is 12.4. The van der Waals surface area contributed by atoms with Gasteiger partial charge < -0.3 is 20.1 Å². The van der Waals surface area contributed by atoms with Crippen molar-refractivity contribution in [3.8, 4) is 11.5 Å². The lowest BCUT2D eigenvalue weighted by atomic mass is 10.2. The number of aryl methyl sites for hydroxylation is 1. The predicted molar refractivity (Wildman–Crippen MR) is 99.2 cm³/mol. The lowest BCUT2D eigenvalue weighted by Gasteiger charge is -2.08. The Morgan fingerprint density at radius 3 is 2.50 bits per heavy atom. The van der Waals surface area contributed by atoms with Gasteiger partial charge in [0.2, 0.25) is 6.79 Å². The van der Waals surface area contributed by atoms with Crippen LogP contribution in [0.2, 0.25) is 0 Å². The molecule has 0 spiro atoms. The number of aromatic nitrogens is 1. The second-order valence-corrected chi connectivity index (χ2v) is 5.95. The van der Waals surface area contributed by atoms with Gasteiger partial charge in [-0.05, 0) is 49.4 Å². The van der Waals surface area contributed by atoms with Gasteiger partial charge in [-0.3, -0.25) is 4.79 Å². The molecular formula is C20H17N3O3. The van der Waals surface area contributed by atoms with Crippen LogP contribution in [0.15, 0.2) is 60.8 Å². The topological polar surface area (TPSA) is 72.5 Å². The van der Waals surface area contributed by atoms with Gasteiger partial charge in [0.1, 0.15) is 5.82 Å². The van der Waals surface area contributed by atoms with Crippen LogP contribution in [0.4, 0.5) is 17.2 Å². The minimum absolute atomic E-state index is 0.178. The zero-order valence-electron chi connectivity index (χ0n) is 14.2. The first-order valence-electron chi connectivity index (χ1n) is 8.18. The molecule has 1 aliphatic rings. The number of nitrogens with one attached hydrogen (secondary N) is 2. The number of hydrogen-bond donors (Lipinski definition) is 2. The number of anilines is 3. The maximum Gasteiger partial charge on any atom is 0.256 e. The second-order valence-electron chi connectivity index (χ2n) is 5.95. The van der Waals surface area contributed by atoms with Crippen LogP contribution in [0, 0.1) is 6.92 Å². The van der Waals surface area contributed by atoms with E-state index in [4.69, 9.17) is 9.47 Å². The molecule has 2 aromatic carbocycles. The van der Waals surface area contributed by atoms with Gasteiger partial charge in [0, 0.05) is 11.3 Å². The van der Waals surface area contributed by atoms with Gasteiger partial charge in [0.05, 0.1) is 11.9 Å². The summed E-state index contributed by atoms with van der Waals surface area (Å²) in [5, 5.41) is 6.04. The number of hydrogen-bond acceptors (Lipinski definition) is 5. The first kappa shape index (κ1) is 16.0. The molecule has 0 radical (unpaired) electrons. The second kappa shape index (κ2) is 6.76. The van der Waals surface area contributed by atoms with Crippen molar-refractivity contribution >= 4 is 23.1 Å². The highest BCUT2D eigenvalue weighted by Gasteiger charge is 2.16. The largest absolute Gasteiger partial charge is 0.454 e. The molecule has 6 heteroatoms. The molecule has 6 nitrogen and oxygen atoms in total. The monoisotopic (exact) mass is 347 g/mol.